The Labute approximate surface area is 118 Å². The van der Waals surface area contributed by atoms with Crippen LogP contribution >= 0.6 is 0 Å². The first kappa shape index (κ1) is 15.0. The van der Waals surface area contributed by atoms with Crippen molar-refractivity contribution in [2.24, 2.45) is 5.92 Å². The Morgan fingerprint density at radius 1 is 1.25 bits per heavy atom. The molecule has 2 N–H and O–H groups in total. The molecule has 4 amide bonds. The van der Waals surface area contributed by atoms with Gasteiger partial charge < -0.3 is 5.11 Å². The van der Waals surface area contributed by atoms with Crippen LogP contribution in [0.3, 0.4) is 0 Å². The van der Waals surface area contributed by atoms with Gasteiger partial charge in [-0.05, 0) is 32.6 Å². The summed E-state index contributed by atoms with van der Waals surface area (Å²) in [4.78, 5) is 37.4. The van der Waals surface area contributed by atoms with Gasteiger partial charge in [0.1, 0.15) is 5.92 Å². The zero-order valence-corrected chi connectivity index (χ0v) is 11.8. The topological polar surface area (TPSA) is 86.7 Å². The molecule has 2 aliphatic rings. The van der Waals surface area contributed by atoms with Gasteiger partial charge in [0, 0.05) is 6.04 Å². The minimum atomic E-state index is -0.843. The van der Waals surface area contributed by atoms with Crippen LogP contribution in [-0.4, -0.2) is 40.0 Å². The van der Waals surface area contributed by atoms with E-state index < -0.39 is 29.9 Å². The number of aliphatic hydroxyl groups is 1. The second-order valence-corrected chi connectivity index (χ2v) is 5.77. The maximum Gasteiger partial charge on any atom is 0.331 e. The molecule has 2 unspecified atom stereocenters. The minimum absolute atomic E-state index is 0.0848. The molecule has 2 atom stereocenters. The Kier molecular flexibility index (Phi) is 4.75. The number of barbiturate groups is 1. The summed E-state index contributed by atoms with van der Waals surface area (Å²) in [6.07, 6.45) is 4.87. The highest BCUT2D eigenvalue weighted by atomic mass is 16.3. The molecular weight excluding hydrogens is 260 g/mol. The third kappa shape index (κ3) is 3.17. The fourth-order valence-corrected chi connectivity index (χ4v) is 2.98. The fraction of sp³-hybridized carbons (Fsp3) is 0.786. The molecule has 112 valence electrons. The van der Waals surface area contributed by atoms with Crippen LogP contribution in [0.2, 0.25) is 0 Å². The van der Waals surface area contributed by atoms with Crippen LogP contribution in [-0.2, 0) is 9.59 Å². The van der Waals surface area contributed by atoms with Crippen molar-refractivity contribution >= 4 is 17.8 Å². The molecule has 1 aliphatic carbocycles. The molecule has 0 radical (unpaired) electrons. The number of carbonyl (C=O) groups is 3. The van der Waals surface area contributed by atoms with Gasteiger partial charge in [0.25, 0.3) is 0 Å². The molecule has 1 saturated heterocycles. The van der Waals surface area contributed by atoms with E-state index in [1.807, 2.05) is 0 Å². The molecule has 2 fully saturated rings. The number of imide groups is 2. The van der Waals surface area contributed by atoms with Crippen molar-refractivity contribution in [1.29, 1.82) is 0 Å². The highest BCUT2D eigenvalue weighted by Gasteiger charge is 2.43. The molecule has 6 heteroatoms. The molecular formula is C14H22N2O4. The van der Waals surface area contributed by atoms with Gasteiger partial charge in [-0.1, -0.05) is 19.3 Å². The third-order valence-corrected chi connectivity index (χ3v) is 4.11. The van der Waals surface area contributed by atoms with E-state index in [2.05, 4.69) is 5.32 Å². The third-order valence-electron chi connectivity index (χ3n) is 4.11. The summed E-state index contributed by atoms with van der Waals surface area (Å²) in [6, 6.07) is -0.668. The van der Waals surface area contributed by atoms with Crippen LogP contribution in [0.25, 0.3) is 0 Å². The predicted octanol–water partition coefficient (Wildman–Crippen LogP) is 1.17. The number of amides is 4. The Hall–Kier alpha value is -1.43. The Morgan fingerprint density at radius 2 is 1.90 bits per heavy atom. The average molecular weight is 282 g/mol. The highest BCUT2D eigenvalue weighted by molar-refractivity contribution is 6.16. The standard InChI is InChI=1S/C14H22N2O4/c1-9(17)7-8-11-12(18)15-14(20)16(13(11)19)10-5-3-2-4-6-10/h9-11,17H,2-8H2,1H3,(H,15,18,20). The zero-order chi connectivity index (χ0) is 14.7. The summed E-state index contributed by atoms with van der Waals surface area (Å²) in [5, 5.41) is 11.6. The number of urea groups is 1. The number of hydrogen-bond acceptors (Lipinski definition) is 4. The number of nitrogens with zero attached hydrogens (tertiary/aromatic N) is 1. The second-order valence-electron chi connectivity index (χ2n) is 5.77. The van der Waals surface area contributed by atoms with Gasteiger partial charge in [0.05, 0.1) is 6.10 Å². The number of hydrogen-bond donors (Lipinski definition) is 2. The lowest BCUT2D eigenvalue weighted by Crippen LogP contribution is -2.61. The van der Waals surface area contributed by atoms with Crippen LogP contribution in [0.5, 0.6) is 0 Å². The second kappa shape index (κ2) is 6.35. The first-order valence-electron chi connectivity index (χ1n) is 7.36. The summed E-state index contributed by atoms with van der Waals surface area (Å²) >= 11 is 0. The van der Waals surface area contributed by atoms with Crippen molar-refractivity contribution in [2.45, 2.75) is 64.0 Å². The molecule has 1 heterocycles. The normalized spacial score (nSPS) is 26.6. The minimum Gasteiger partial charge on any atom is -0.393 e. The van der Waals surface area contributed by atoms with E-state index in [0.29, 0.717) is 6.42 Å². The van der Waals surface area contributed by atoms with E-state index in [4.69, 9.17) is 0 Å². The first-order valence-corrected chi connectivity index (χ1v) is 7.36. The lowest BCUT2D eigenvalue weighted by molar-refractivity contribution is -0.145. The Bertz CT molecular complexity index is 402. The predicted molar refractivity (Wildman–Crippen MR) is 71.7 cm³/mol. The monoisotopic (exact) mass is 282 g/mol. The lowest BCUT2D eigenvalue weighted by Gasteiger charge is -2.37. The van der Waals surface area contributed by atoms with E-state index in [1.165, 1.54) is 4.90 Å². The molecule has 6 nitrogen and oxygen atoms in total. The Balaban J connectivity index is 2.08. The summed E-state index contributed by atoms with van der Waals surface area (Å²) in [6.45, 7) is 1.62. The molecule has 1 saturated carbocycles. The summed E-state index contributed by atoms with van der Waals surface area (Å²) in [5.74, 6) is -1.77. The van der Waals surface area contributed by atoms with Crippen LogP contribution in [0.4, 0.5) is 4.79 Å². The molecule has 2 rings (SSSR count). The van der Waals surface area contributed by atoms with Crippen LogP contribution in [0, 0.1) is 5.92 Å². The number of rotatable bonds is 4. The first-order chi connectivity index (χ1) is 9.50. The molecule has 0 bridgehead atoms. The summed E-state index contributed by atoms with van der Waals surface area (Å²) < 4.78 is 0. The van der Waals surface area contributed by atoms with Gasteiger partial charge in [0.2, 0.25) is 11.8 Å². The maximum atomic E-state index is 12.4. The summed E-state index contributed by atoms with van der Waals surface area (Å²) in [7, 11) is 0. The number of carbonyl (C=O) groups excluding carboxylic acids is 3. The lowest BCUT2D eigenvalue weighted by atomic mass is 9.91. The summed E-state index contributed by atoms with van der Waals surface area (Å²) in [5.41, 5.74) is 0. The largest absolute Gasteiger partial charge is 0.393 e. The highest BCUT2D eigenvalue weighted by Crippen LogP contribution is 2.27. The van der Waals surface area contributed by atoms with Crippen molar-refractivity contribution in [1.82, 2.24) is 10.2 Å². The van der Waals surface area contributed by atoms with Gasteiger partial charge in [-0.25, -0.2) is 4.79 Å². The SMILES string of the molecule is CC(O)CCC1C(=O)NC(=O)N(C2CCCCC2)C1=O. The Morgan fingerprint density at radius 3 is 2.50 bits per heavy atom. The number of aliphatic hydroxyl groups excluding tert-OH is 1. The molecule has 20 heavy (non-hydrogen) atoms. The maximum absolute atomic E-state index is 12.4. The smallest absolute Gasteiger partial charge is 0.331 e. The van der Waals surface area contributed by atoms with Crippen molar-refractivity contribution in [3.05, 3.63) is 0 Å². The van der Waals surface area contributed by atoms with E-state index in [-0.39, 0.29) is 12.5 Å². The van der Waals surface area contributed by atoms with Gasteiger partial charge in [-0.3, -0.25) is 19.8 Å². The van der Waals surface area contributed by atoms with Crippen LogP contribution in [0.15, 0.2) is 0 Å². The number of nitrogens with one attached hydrogen (secondary N) is 1. The van der Waals surface area contributed by atoms with Crippen LogP contribution < -0.4 is 5.32 Å². The van der Waals surface area contributed by atoms with Crippen molar-refractivity contribution in [2.75, 3.05) is 0 Å². The van der Waals surface area contributed by atoms with Gasteiger partial charge >= 0.3 is 6.03 Å². The van der Waals surface area contributed by atoms with Gasteiger partial charge in [-0.2, -0.15) is 0 Å². The van der Waals surface area contributed by atoms with Gasteiger partial charge in [0.15, 0.2) is 0 Å². The molecule has 0 aromatic carbocycles. The quantitative estimate of drug-likeness (QED) is 0.758. The van der Waals surface area contributed by atoms with E-state index in [9.17, 15) is 19.5 Å². The molecule has 0 aromatic rings. The molecule has 1 aliphatic heterocycles. The average Bonchev–Trinajstić information content (AvgIpc) is 2.38. The molecule has 0 aromatic heterocycles. The van der Waals surface area contributed by atoms with Gasteiger partial charge in [-0.15, -0.1) is 0 Å². The van der Waals surface area contributed by atoms with E-state index >= 15 is 0 Å². The van der Waals surface area contributed by atoms with Crippen LogP contribution in [0.1, 0.15) is 51.9 Å². The van der Waals surface area contributed by atoms with Crippen molar-refractivity contribution in [3.63, 3.8) is 0 Å². The molecule has 0 spiro atoms. The van der Waals surface area contributed by atoms with E-state index in [0.717, 1.165) is 32.1 Å². The van der Waals surface area contributed by atoms with Crippen molar-refractivity contribution in [3.8, 4) is 0 Å². The van der Waals surface area contributed by atoms with Crippen molar-refractivity contribution < 1.29 is 19.5 Å². The zero-order valence-electron chi connectivity index (χ0n) is 11.8. The fourth-order valence-electron chi connectivity index (χ4n) is 2.98. The van der Waals surface area contributed by atoms with E-state index in [1.54, 1.807) is 6.92 Å².